The van der Waals surface area contributed by atoms with Crippen LogP contribution >= 0.6 is 0 Å². The van der Waals surface area contributed by atoms with Gasteiger partial charge in [-0.05, 0) is 24.0 Å². The van der Waals surface area contributed by atoms with Crippen LogP contribution in [0.25, 0.3) is 0 Å². The molecule has 0 N–H and O–H groups in total. The van der Waals surface area contributed by atoms with Crippen molar-refractivity contribution in [3.63, 3.8) is 0 Å². The number of hydrogen-bond donors (Lipinski definition) is 0. The third-order valence-electron chi connectivity index (χ3n) is 4.07. The Kier molecular flexibility index (Phi) is 4.14. The number of rotatable bonds is 4. The van der Waals surface area contributed by atoms with Gasteiger partial charge in [0.25, 0.3) is 0 Å². The molecular formula is C17H23N3O2. The van der Waals surface area contributed by atoms with Crippen molar-refractivity contribution in [2.45, 2.75) is 39.8 Å². The average Bonchev–Trinajstić information content (AvgIpc) is 3.17. The zero-order chi connectivity index (χ0) is 15.7. The summed E-state index contributed by atoms with van der Waals surface area (Å²) < 4.78 is 11.4. The quantitative estimate of drug-likeness (QED) is 0.859. The van der Waals surface area contributed by atoms with Gasteiger partial charge in [-0.3, -0.25) is 0 Å². The largest absolute Gasteiger partial charge is 0.474 e. The van der Waals surface area contributed by atoms with Crippen molar-refractivity contribution < 1.29 is 9.47 Å². The third kappa shape index (κ3) is 2.98. The summed E-state index contributed by atoms with van der Waals surface area (Å²) in [4.78, 5) is 13.9. The molecule has 2 atom stereocenters. The fraction of sp³-hybridized carbons (Fsp3) is 0.588. The van der Waals surface area contributed by atoms with Crippen LogP contribution in [0.4, 0.5) is 0 Å². The van der Waals surface area contributed by atoms with Gasteiger partial charge in [0.05, 0.1) is 12.1 Å². The van der Waals surface area contributed by atoms with Crippen LogP contribution in [0, 0.1) is 11.8 Å². The molecule has 1 aromatic rings. The van der Waals surface area contributed by atoms with Crippen molar-refractivity contribution in [1.82, 2.24) is 4.98 Å². The highest BCUT2D eigenvalue weighted by atomic mass is 16.5. The van der Waals surface area contributed by atoms with Crippen molar-refractivity contribution >= 4 is 11.8 Å². The van der Waals surface area contributed by atoms with Crippen molar-refractivity contribution in [1.29, 1.82) is 0 Å². The lowest BCUT2D eigenvalue weighted by atomic mass is 10.1. The van der Waals surface area contributed by atoms with Crippen LogP contribution < -0.4 is 0 Å². The maximum Gasteiger partial charge on any atom is 0.235 e. The highest BCUT2D eigenvalue weighted by Crippen LogP contribution is 2.19. The molecule has 0 unspecified atom stereocenters. The maximum atomic E-state index is 5.70. The van der Waals surface area contributed by atoms with Gasteiger partial charge in [-0.15, -0.1) is 0 Å². The summed E-state index contributed by atoms with van der Waals surface area (Å²) in [5.41, 5.74) is 1.50. The van der Waals surface area contributed by atoms with E-state index in [1.54, 1.807) is 0 Å². The molecule has 2 aliphatic rings. The predicted octanol–water partition coefficient (Wildman–Crippen LogP) is 2.68. The first-order valence-electron chi connectivity index (χ1n) is 7.93. The normalized spacial score (nSPS) is 24.3. The molecule has 118 valence electrons. The van der Waals surface area contributed by atoms with E-state index in [-0.39, 0.29) is 12.1 Å². The molecule has 2 aliphatic heterocycles. The Morgan fingerprint density at radius 1 is 0.864 bits per heavy atom. The third-order valence-corrected chi connectivity index (χ3v) is 4.07. The van der Waals surface area contributed by atoms with E-state index in [1.807, 2.05) is 18.2 Å². The Labute approximate surface area is 131 Å². The molecule has 0 bridgehead atoms. The minimum absolute atomic E-state index is 0.214. The Balaban J connectivity index is 1.82. The molecule has 0 saturated heterocycles. The number of nitrogens with zero attached hydrogens (tertiary/aromatic N) is 3. The fourth-order valence-corrected chi connectivity index (χ4v) is 2.42. The lowest BCUT2D eigenvalue weighted by Gasteiger charge is -2.06. The van der Waals surface area contributed by atoms with Crippen LogP contribution in [-0.2, 0) is 9.47 Å². The maximum absolute atomic E-state index is 5.70. The number of pyridine rings is 1. The van der Waals surface area contributed by atoms with Gasteiger partial charge in [-0.2, -0.15) is 0 Å². The first-order chi connectivity index (χ1) is 10.5. The number of hydrogen-bond acceptors (Lipinski definition) is 5. The van der Waals surface area contributed by atoms with Crippen LogP contribution in [0.1, 0.15) is 39.1 Å². The highest BCUT2D eigenvalue weighted by Gasteiger charge is 2.26. The summed E-state index contributed by atoms with van der Waals surface area (Å²) in [6.07, 6.45) is 0. The standard InChI is InChI=1S/C17H23N3O2/c1-10(2)14-8-21-16(19-14)12-6-5-7-13(18-12)17-20-15(9-22-17)11(3)4/h5-7,10-11,14-15H,8-9H2,1-4H3/t14-,15-/m1/s1. The summed E-state index contributed by atoms with van der Waals surface area (Å²) in [6, 6.07) is 6.21. The summed E-state index contributed by atoms with van der Waals surface area (Å²) in [5.74, 6) is 2.18. The minimum atomic E-state index is 0.214. The molecule has 0 aromatic carbocycles. The van der Waals surface area contributed by atoms with Gasteiger partial charge in [0.15, 0.2) is 0 Å². The van der Waals surface area contributed by atoms with Gasteiger partial charge in [-0.1, -0.05) is 33.8 Å². The van der Waals surface area contributed by atoms with E-state index in [4.69, 9.17) is 9.47 Å². The average molecular weight is 301 g/mol. The molecule has 0 fully saturated rings. The number of aromatic nitrogens is 1. The molecule has 22 heavy (non-hydrogen) atoms. The molecule has 3 rings (SSSR count). The van der Waals surface area contributed by atoms with Crippen molar-refractivity contribution in [3.8, 4) is 0 Å². The van der Waals surface area contributed by atoms with Gasteiger partial charge in [0, 0.05) is 0 Å². The summed E-state index contributed by atoms with van der Waals surface area (Å²) in [6.45, 7) is 9.86. The lowest BCUT2D eigenvalue weighted by Crippen LogP contribution is -2.13. The molecule has 3 heterocycles. The Bertz CT molecular complexity index is 558. The second-order valence-electron chi connectivity index (χ2n) is 6.52. The Hall–Kier alpha value is -1.91. The molecule has 0 radical (unpaired) electrons. The van der Waals surface area contributed by atoms with E-state index in [0.717, 1.165) is 11.4 Å². The molecule has 0 spiro atoms. The van der Waals surface area contributed by atoms with Gasteiger partial charge >= 0.3 is 0 Å². The molecule has 5 heteroatoms. The van der Waals surface area contributed by atoms with Crippen molar-refractivity contribution in [3.05, 3.63) is 29.6 Å². The van der Waals surface area contributed by atoms with Crippen LogP contribution in [0.3, 0.4) is 0 Å². The minimum Gasteiger partial charge on any atom is -0.474 e. The zero-order valence-electron chi connectivity index (χ0n) is 13.6. The SMILES string of the molecule is CC(C)[C@H]1COC(c2cccc(C3=N[C@@H](C(C)C)CO3)n2)=N1. The van der Waals surface area contributed by atoms with E-state index >= 15 is 0 Å². The van der Waals surface area contributed by atoms with Crippen molar-refractivity contribution in [2.75, 3.05) is 13.2 Å². The molecule has 0 aliphatic carbocycles. The summed E-state index contributed by atoms with van der Waals surface area (Å²) in [5, 5.41) is 0. The van der Waals surface area contributed by atoms with Crippen LogP contribution in [0.2, 0.25) is 0 Å². The first kappa shape index (κ1) is 15.0. The number of ether oxygens (including phenoxy) is 2. The topological polar surface area (TPSA) is 56.1 Å². The fourth-order valence-electron chi connectivity index (χ4n) is 2.42. The molecule has 1 aromatic heterocycles. The summed E-state index contributed by atoms with van der Waals surface area (Å²) in [7, 11) is 0. The predicted molar refractivity (Wildman–Crippen MR) is 86.5 cm³/mol. The molecule has 0 saturated carbocycles. The van der Waals surface area contributed by atoms with Crippen LogP contribution in [0.15, 0.2) is 28.2 Å². The van der Waals surface area contributed by atoms with Gasteiger partial charge in [-0.25, -0.2) is 15.0 Å². The Morgan fingerprint density at radius 2 is 1.32 bits per heavy atom. The molecule has 0 amide bonds. The van der Waals surface area contributed by atoms with E-state index in [1.165, 1.54) is 0 Å². The van der Waals surface area contributed by atoms with E-state index in [9.17, 15) is 0 Å². The highest BCUT2D eigenvalue weighted by molar-refractivity contribution is 5.97. The Morgan fingerprint density at radius 3 is 1.68 bits per heavy atom. The van der Waals surface area contributed by atoms with E-state index < -0.39 is 0 Å². The van der Waals surface area contributed by atoms with Crippen molar-refractivity contribution in [2.24, 2.45) is 21.8 Å². The van der Waals surface area contributed by atoms with E-state index in [0.29, 0.717) is 36.8 Å². The van der Waals surface area contributed by atoms with Crippen LogP contribution in [0.5, 0.6) is 0 Å². The van der Waals surface area contributed by atoms with Crippen LogP contribution in [-0.4, -0.2) is 42.1 Å². The van der Waals surface area contributed by atoms with Gasteiger partial charge < -0.3 is 9.47 Å². The molecule has 5 nitrogen and oxygen atoms in total. The summed E-state index contributed by atoms with van der Waals surface area (Å²) >= 11 is 0. The first-order valence-corrected chi connectivity index (χ1v) is 7.93. The second-order valence-corrected chi connectivity index (χ2v) is 6.52. The smallest absolute Gasteiger partial charge is 0.235 e. The molecular weight excluding hydrogens is 278 g/mol. The lowest BCUT2D eigenvalue weighted by molar-refractivity contribution is 0.290. The van der Waals surface area contributed by atoms with Gasteiger partial charge in [0.2, 0.25) is 11.8 Å². The second kappa shape index (κ2) is 6.07. The zero-order valence-corrected chi connectivity index (χ0v) is 13.6. The monoisotopic (exact) mass is 301 g/mol. The van der Waals surface area contributed by atoms with E-state index in [2.05, 4.69) is 42.7 Å². The number of aliphatic imine (C=N–C) groups is 2. The van der Waals surface area contributed by atoms with Gasteiger partial charge in [0.1, 0.15) is 24.6 Å².